The van der Waals surface area contributed by atoms with Gasteiger partial charge in [-0.2, -0.15) is 0 Å². The average molecular weight is 334 g/mol. The highest BCUT2D eigenvalue weighted by Crippen LogP contribution is 2.29. The topological polar surface area (TPSA) is 34.9 Å². The zero-order valence-electron chi connectivity index (χ0n) is 12.5. The van der Waals surface area contributed by atoms with Crippen LogP contribution >= 0.6 is 23.1 Å². The van der Waals surface area contributed by atoms with Crippen LogP contribution in [0.4, 0.5) is 4.39 Å². The van der Waals surface area contributed by atoms with Crippen molar-refractivity contribution in [1.82, 2.24) is 9.55 Å². The SMILES string of the molecule is Cc1sc2nc(SCc3cccc(F)c3)n(C)c(=O)c2c1C. The third-order valence-corrected chi connectivity index (χ3v) is 5.83. The zero-order chi connectivity index (χ0) is 15.9. The quantitative estimate of drug-likeness (QED) is 0.535. The largest absolute Gasteiger partial charge is 0.290 e. The first-order valence-corrected chi connectivity index (χ1v) is 8.61. The fraction of sp³-hybridized carbons (Fsp3) is 0.250. The Morgan fingerprint density at radius 2 is 2.14 bits per heavy atom. The fourth-order valence-corrected chi connectivity index (χ4v) is 4.25. The molecule has 22 heavy (non-hydrogen) atoms. The molecule has 6 heteroatoms. The summed E-state index contributed by atoms with van der Waals surface area (Å²) in [6, 6.07) is 6.48. The van der Waals surface area contributed by atoms with Crippen LogP contribution in [0.5, 0.6) is 0 Å². The van der Waals surface area contributed by atoms with Gasteiger partial charge >= 0.3 is 0 Å². The van der Waals surface area contributed by atoms with Crippen molar-refractivity contribution in [3.8, 4) is 0 Å². The summed E-state index contributed by atoms with van der Waals surface area (Å²) in [5.41, 5.74) is 1.86. The molecule has 114 valence electrons. The summed E-state index contributed by atoms with van der Waals surface area (Å²) in [5.74, 6) is 0.326. The van der Waals surface area contributed by atoms with E-state index in [9.17, 15) is 9.18 Å². The van der Waals surface area contributed by atoms with Crippen molar-refractivity contribution in [1.29, 1.82) is 0 Å². The minimum Gasteiger partial charge on any atom is -0.290 e. The van der Waals surface area contributed by atoms with E-state index in [-0.39, 0.29) is 11.4 Å². The second-order valence-corrected chi connectivity index (χ2v) is 7.29. The Bertz CT molecular complexity index is 914. The summed E-state index contributed by atoms with van der Waals surface area (Å²) in [7, 11) is 1.73. The van der Waals surface area contributed by atoms with E-state index in [1.807, 2.05) is 19.9 Å². The molecule has 2 aromatic heterocycles. The lowest BCUT2D eigenvalue weighted by Gasteiger charge is -2.07. The van der Waals surface area contributed by atoms with Crippen LogP contribution in [0.15, 0.2) is 34.2 Å². The number of nitrogens with zero attached hydrogens (tertiary/aromatic N) is 2. The van der Waals surface area contributed by atoms with Crippen molar-refractivity contribution in [2.45, 2.75) is 24.8 Å². The van der Waals surface area contributed by atoms with E-state index in [0.29, 0.717) is 16.3 Å². The van der Waals surface area contributed by atoms with E-state index in [0.717, 1.165) is 20.8 Å². The molecule has 0 unspecified atom stereocenters. The molecule has 0 aliphatic heterocycles. The van der Waals surface area contributed by atoms with E-state index in [2.05, 4.69) is 4.98 Å². The van der Waals surface area contributed by atoms with Crippen molar-refractivity contribution in [3.05, 3.63) is 56.4 Å². The molecule has 0 fully saturated rings. The first kappa shape index (κ1) is 15.2. The number of benzene rings is 1. The zero-order valence-corrected chi connectivity index (χ0v) is 14.1. The van der Waals surface area contributed by atoms with Crippen LogP contribution in [0.3, 0.4) is 0 Å². The van der Waals surface area contributed by atoms with Crippen LogP contribution in [0.1, 0.15) is 16.0 Å². The standard InChI is InChI=1S/C16H15FN2OS2/c1-9-10(2)22-14-13(9)15(20)19(3)16(18-14)21-8-11-5-4-6-12(17)7-11/h4-7H,8H2,1-3H3. The lowest BCUT2D eigenvalue weighted by Crippen LogP contribution is -2.19. The number of aromatic nitrogens is 2. The molecule has 0 atom stereocenters. The van der Waals surface area contributed by atoms with Gasteiger partial charge < -0.3 is 0 Å². The minimum absolute atomic E-state index is 0.0198. The third kappa shape index (κ3) is 2.68. The van der Waals surface area contributed by atoms with E-state index < -0.39 is 0 Å². The summed E-state index contributed by atoms with van der Waals surface area (Å²) in [5, 5.41) is 1.36. The molecule has 0 radical (unpaired) electrons. The van der Waals surface area contributed by atoms with E-state index >= 15 is 0 Å². The number of hydrogen-bond acceptors (Lipinski definition) is 4. The lowest BCUT2D eigenvalue weighted by molar-refractivity contribution is 0.626. The number of thioether (sulfide) groups is 1. The van der Waals surface area contributed by atoms with Gasteiger partial charge in [-0.15, -0.1) is 11.3 Å². The van der Waals surface area contributed by atoms with Gasteiger partial charge in [-0.25, -0.2) is 9.37 Å². The number of hydrogen-bond donors (Lipinski definition) is 0. The Hall–Kier alpha value is -1.66. The van der Waals surface area contributed by atoms with Gasteiger partial charge in [-0.3, -0.25) is 9.36 Å². The van der Waals surface area contributed by atoms with Gasteiger partial charge in [-0.1, -0.05) is 23.9 Å². The predicted octanol–water partition coefficient (Wildman–Crippen LogP) is 4.04. The van der Waals surface area contributed by atoms with Crippen LogP contribution in [0.25, 0.3) is 10.2 Å². The second kappa shape index (κ2) is 5.85. The molecule has 0 aliphatic rings. The molecule has 0 aliphatic carbocycles. The molecule has 0 saturated carbocycles. The van der Waals surface area contributed by atoms with Crippen molar-refractivity contribution in [2.24, 2.45) is 7.05 Å². The van der Waals surface area contributed by atoms with Crippen LogP contribution in [0.2, 0.25) is 0 Å². The van der Waals surface area contributed by atoms with Crippen LogP contribution in [0, 0.1) is 19.7 Å². The number of rotatable bonds is 3. The summed E-state index contributed by atoms with van der Waals surface area (Å²) < 4.78 is 14.8. The number of fused-ring (bicyclic) bond motifs is 1. The highest BCUT2D eigenvalue weighted by Gasteiger charge is 2.14. The molecule has 3 rings (SSSR count). The smallest absolute Gasteiger partial charge is 0.262 e. The van der Waals surface area contributed by atoms with Crippen LogP contribution in [-0.4, -0.2) is 9.55 Å². The van der Waals surface area contributed by atoms with Crippen molar-refractivity contribution in [3.63, 3.8) is 0 Å². The third-order valence-electron chi connectivity index (χ3n) is 3.63. The van der Waals surface area contributed by atoms with Gasteiger partial charge in [0.15, 0.2) is 5.16 Å². The molecule has 0 spiro atoms. The average Bonchev–Trinajstić information content (AvgIpc) is 2.76. The summed E-state index contributed by atoms with van der Waals surface area (Å²) in [6.07, 6.45) is 0. The van der Waals surface area contributed by atoms with E-state index in [1.54, 1.807) is 29.0 Å². The predicted molar refractivity (Wildman–Crippen MR) is 90.3 cm³/mol. The normalized spacial score (nSPS) is 11.3. The molecule has 0 bridgehead atoms. The van der Waals surface area contributed by atoms with E-state index in [4.69, 9.17) is 0 Å². The summed E-state index contributed by atoms with van der Waals surface area (Å²) in [4.78, 5) is 19.0. The van der Waals surface area contributed by atoms with Crippen molar-refractivity contribution >= 4 is 33.3 Å². The number of aryl methyl sites for hydroxylation is 2. The minimum atomic E-state index is -0.250. The van der Waals surface area contributed by atoms with Crippen molar-refractivity contribution < 1.29 is 4.39 Å². The molecule has 0 amide bonds. The molecule has 3 aromatic rings. The van der Waals surface area contributed by atoms with Gasteiger partial charge in [0.25, 0.3) is 5.56 Å². The Labute approximate surface area is 135 Å². The van der Waals surface area contributed by atoms with Gasteiger partial charge in [-0.05, 0) is 37.1 Å². The highest BCUT2D eigenvalue weighted by molar-refractivity contribution is 7.98. The monoisotopic (exact) mass is 334 g/mol. The van der Waals surface area contributed by atoms with Gasteiger partial charge in [0, 0.05) is 17.7 Å². The first-order chi connectivity index (χ1) is 10.5. The maximum Gasteiger partial charge on any atom is 0.262 e. The molecule has 0 saturated heterocycles. The molecular formula is C16H15FN2OS2. The fourth-order valence-electron chi connectivity index (χ4n) is 2.26. The Balaban J connectivity index is 1.97. The van der Waals surface area contributed by atoms with Gasteiger partial charge in [0.05, 0.1) is 5.39 Å². The molecule has 2 heterocycles. The van der Waals surface area contributed by atoms with Crippen LogP contribution in [-0.2, 0) is 12.8 Å². The van der Waals surface area contributed by atoms with Crippen molar-refractivity contribution in [2.75, 3.05) is 0 Å². The number of halogens is 1. The summed E-state index contributed by atoms with van der Waals surface area (Å²) in [6.45, 7) is 3.96. The highest BCUT2D eigenvalue weighted by atomic mass is 32.2. The Morgan fingerprint density at radius 3 is 2.86 bits per heavy atom. The Morgan fingerprint density at radius 1 is 1.36 bits per heavy atom. The molecule has 0 N–H and O–H groups in total. The second-order valence-electron chi connectivity index (χ2n) is 5.14. The van der Waals surface area contributed by atoms with E-state index in [1.165, 1.54) is 23.9 Å². The maximum atomic E-state index is 13.2. The first-order valence-electron chi connectivity index (χ1n) is 6.81. The van der Waals surface area contributed by atoms with Gasteiger partial charge in [0.1, 0.15) is 10.6 Å². The molecule has 1 aromatic carbocycles. The molecule has 3 nitrogen and oxygen atoms in total. The maximum absolute atomic E-state index is 13.2. The van der Waals surface area contributed by atoms with Crippen LogP contribution < -0.4 is 5.56 Å². The number of thiophene rings is 1. The Kier molecular flexibility index (Phi) is 4.06. The lowest BCUT2D eigenvalue weighted by atomic mass is 10.2. The summed E-state index contributed by atoms with van der Waals surface area (Å²) >= 11 is 2.99. The van der Waals surface area contributed by atoms with Gasteiger partial charge in [0.2, 0.25) is 0 Å². The molecular weight excluding hydrogens is 319 g/mol.